The molecule has 0 aliphatic carbocycles. The number of hydrogen-bond donors (Lipinski definition) is 0. The number of imidazole rings is 1. The van der Waals surface area contributed by atoms with Crippen molar-refractivity contribution >= 4 is 11.2 Å². The van der Waals surface area contributed by atoms with Gasteiger partial charge in [0, 0.05) is 27.4 Å². The van der Waals surface area contributed by atoms with E-state index in [2.05, 4.69) is 4.98 Å². The molecule has 0 atom stereocenters. The lowest BCUT2D eigenvalue weighted by Crippen LogP contribution is -2.39. The zero-order chi connectivity index (χ0) is 18.3. The van der Waals surface area contributed by atoms with Crippen LogP contribution in [0.1, 0.15) is 39.4 Å². The lowest BCUT2D eigenvalue weighted by atomic mass is 10.2. The maximum atomic E-state index is 12.6. The fourth-order valence-electron chi connectivity index (χ4n) is 2.04. The number of aromatic nitrogens is 4. The second kappa shape index (κ2) is 5.42. The van der Waals surface area contributed by atoms with E-state index >= 15 is 0 Å². The third-order valence-electron chi connectivity index (χ3n) is 3.09. The van der Waals surface area contributed by atoms with Crippen LogP contribution in [0, 0.1) is 0 Å². The minimum absolute atomic E-state index is 0.0299. The van der Waals surface area contributed by atoms with Gasteiger partial charge in [0.25, 0.3) is 5.56 Å². The second-order valence-electron chi connectivity index (χ2n) is 4.40. The first-order valence-electron chi connectivity index (χ1n) is 8.61. The summed E-state index contributed by atoms with van der Waals surface area (Å²) >= 11 is 0. The monoisotopic (exact) mass is 269 g/mol. The molecule has 0 saturated carbocycles. The van der Waals surface area contributed by atoms with Gasteiger partial charge in [0.2, 0.25) is 0 Å². The van der Waals surface area contributed by atoms with Crippen LogP contribution in [0.15, 0.2) is 15.9 Å². The molecule has 104 valence electrons. The number of fused-ring (bicyclic) bond motifs is 1. The van der Waals surface area contributed by atoms with Crippen molar-refractivity contribution in [2.75, 3.05) is 0 Å². The van der Waals surface area contributed by atoms with Crippen LogP contribution in [0.4, 0.5) is 0 Å². The molecule has 2 aromatic rings. The van der Waals surface area contributed by atoms with Gasteiger partial charge in [-0.25, -0.2) is 9.78 Å². The van der Waals surface area contributed by atoms with E-state index in [1.165, 1.54) is 14.0 Å². The molecule has 0 spiro atoms. The summed E-state index contributed by atoms with van der Waals surface area (Å²) in [4.78, 5) is 28.8. The van der Waals surface area contributed by atoms with Crippen LogP contribution in [0.3, 0.4) is 0 Å². The van der Waals surface area contributed by atoms with E-state index in [1.807, 2.05) is 0 Å². The van der Waals surface area contributed by atoms with Gasteiger partial charge in [-0.2, -0.15) is 0 Å². The Balaban J connectivity index is 2.44. The van der Waals surface area contributed by atoms with E-state index in [4.69, 9.17) is 6.85 Å². The fraction of sp³-hybridized carbons (Fsp3) is 0.615. The van der Waals surface area contributed by atoms with Crippen molar-refractivity contribution in [1.82, 2.24) is 18.7 Å². The Morgan fingerprint density at radius 3 is 2.84 bits per heavy atom. The van der Waals surface area contributed by atoms with Crippen LogP contribution in [0.25, 0.3) is 11.2 Å². The first kappa shape index (κ1) is 8.35. The zero-order valence-electron chi connectivity index (χ0n) is 16.0. The summed E-state index contributed by atoms with van der Waals surface area (Å²) in [6.45, 7) is -0.996. The van der Waals surface area contributed by atoms with Gasteiger partial charge in [0.15, 0.2) is 11.2 Å². The lowest BCUT2D eigenvalue weighted by Gasteiger charge is -2.08. The molecule has 0 radical (unpaired) electrons. The van der Waals surface area contributed by atoms with Crippen LogP contribution in [-0.2, 0) is 20.6 Å². The number of hydrogen-bond acceptors (Lipinski definition) is 3. The van der Waals surface area contributed by atoms with Gasteiger partial charge >= 0.3 is 5.69 Å². The number of aryl methyl sites for hydroxylation is 2. The molecule has 6 heteroatoms. The summed E-state index contributed by atoms with van der Waals surface area (Å²) in [5.41, 5.74) is -1.37. The highest BCUT2D eigenvalue weighted by molar-refractivity contribution is 5.69. The van der Waals surface area contributed by atoms with Crippen molar-refractivity contribution in [3.63, 3.8) is 0 Å². The van der Waals surface area contributed by atoms with Gasteiger partial charge in [0.05, 0.1) is 6.33 Å². The summed E-state index contributed by atoms with van der Waals surface area (Å²) in [6, 6.07) is 0. The highest BCUT2D eigenvalue weighted by Crippen LogP contribution is 2.04. The van der Waals surface area contributed by atoms with E-state index in [0.717, 1.165) is 20.0 Å². The van der Waals surface area contributed by atoms with Gasteiger partial charge in [-0.1, -0.05) is 26.1 Å². The molecule has 0 aliphatic rings. The van der Waals surface area contributed by atoms with Gasteiger partial charge in [0.1, 0.15) is 0 Å². The van der Waals surface area contributed by atoms with E-state index in [1.54, 1.807) is 0 Å². The molecule has 0 saturated heterocycles. The minimum Gasteiger partial charge on any atom is -0.328 e. The van der Waals surface area contributed by atoms with E-state index in [-0.39, 0.29) is 17.7 Å². The lowest BCUT2D eigenvalue weighted by molar-refractivity contribution is 0.539. The molecule has 0 bridgehead atoms. The van der Waals surface area contributed by atoms with Crippen molar-refractivity contribution in [3.05, 3.63) is 27.2 Å². The number of unbranched alkanes of at least 4 members (excludes halogenated alkanes) is 1. The van der Waals surface area contributed by atoms with Crippen LogP contribution in [0.2, 0.25) is 0 Å². The summed E-state index contributed by atoms with van der Waals surface area (Å²) < 4.78 is 40.3. The van der Waals surface area contributed by atoms with E-state index < -0.39 is 24.6 Å². The molecule has 2 heterocycles. The Hall–Kier alpha value is -1.85. The summed E-state index contributed by atoms with van der Waals surface area (Å²) in [5.74, 6) is 0. The molecule has 0 fully saturated rings. The molecule has 0 aromatic carbocycles. The summed E-state index contributed by atoms with van der Waals surface area (Å²) in [7, 11) is 1.43. The van der Waals surface area contributed by atoms with Gasteiger partial charge in [-0.3, -0.25) is 13.9 Å². The van der Waals surface area contributed by atoms with Crippen molar-refractivity contribution in [3.8, 4) is 0 Å². The van der Waals surface area contributed by atoms with Gasteiger partial charge < -0.3 is 4.57 Å². The molecular formula is C13H20N4O2. The first-order chi connectivity index (χ1) is 10.9. The Kier molecular flexibility index (Phi) is 2.38. The van der Waals surface area contributed by atoms with Gasteiger partial charge in [-0.15, -0.1) is 0 Å². The summed E-state index contributed by atoms with van der Waals surface area (Å²) in [5, 5.41) is 0. The Bertz CT molecular complexity index is 857. The van der Waals surface area contributed by atoms with Crippen molar-refractivity contribution in [2.24, 2.45) is 14.0 Å². The molecule has 0 aliphatic heterocycles. The van der Waals surface area contributed by atoms with E-state index in [9.17, 15) is 9.59 Å². The normalized spacial score (nSPS) is 16.6. The van der Waals surface area contributed by atoms with Crippen molar-refractivity contribution in [1.29, 1.82) is 0 Å². The number of rotatable bonds is 5. The maximum Gasteiger partial charge on any atom is 0.332 e. The second-order valence-corrected chi connectivity index (χ2v) is 4.40. The SMILES string of the molecule is [2H]C([2H])(C)CCCCn1c(=O)c2c(ncn2C([2H])([2H])[2H])n(C)c1=O. The molecule has 2 aromatic heterocycles. The molecule has 0 amide bonds. The molecule has 0 N–H and O–H groups in total. The summed E-state index contributed by atoms with van der Waals surface area (Å²) in [6.07, 6.45) is 0.997. The smallest absolute Gasteiger partial charge is 0.328 e. The van der Waals surface area contributed by atoms with Crippen LogP contribution in [-0.4, -0.2) is 18.7 Å². The number of nitrogens with zero attached hydrogens (tertiary/aromatic N) is 4. The average molecular weight is 269 g/mol. The van der Waals surface area contributed by atoms with Crippen LogP contribution in [0.5, 0.6) is 0 Å². The third-order valence-corrected chi connectivity index (χ3v) is 3.09. The first-order valence-corrected chi connectivity index (χ1v) is 6.11. The van der Waals surface area contributed by atoms with E-state index in [0.29, 0.717) is 19.3 Å². The van der Waals surface area contributed by atoms with Crippen molar-refractivity contribution in [2.45, 2.75) is 39.1 Å². The quantitative estimate of drug-likeness (QED) is 0.761. The van der Waals surface area contributed by atoms with Crippen LogP contribution >= 0.6 is 0 Å². The fourth-order valence-corrected chi connectivity index (χ4v) is 2.04. The Morgan fingerprint density at radius 2 is 2.16 bits per heavy atom. The largest absolute Gasteiger partial charge is 0.332 e. The van der Waals surface area contributed by atoms with Crippen molar-refractivity contribution < 1.29 is 6.85 Å². The molecule has 2 rings (SSSR count). The maximum absolute atomic E-state index is 12.6. The topological polar surface area (TPSA) is 61.8 Å². The molecule has 0 unspecified atom stereocenters. The Labute approximate surface area is 118 Å². The molecular weight excluding hydrogens is 244 g/mol. The Morgan fingerprint density at radius 1 is 1.37 bits per heavy atom. The third kappa shape index (κ3) is 2.34. The average Bonchev–Trinajstić information content (AvgIpc) is 2.88. The highest BCUT2D eigenvalue weighted by Gasteiger charge is 2.14. The predicted molar refractivity (Wildman–Crippen MR) is 74.4 cm³/mol. The predicted octanol–water partition coefficient (Wildman–Crippen LogP) is 1.01. The van der Waals surface area contributed by atoms with Gasteiger partial charge in [-0.05, 0) is 6.42 Å². The molecule has 19 heavy (non-hydrogen) atoms. The zero-order valence-corrected chi connectivity index (χ0v) is 11.0. The minimum atomic E-state index is -2.57. The molecule has 6 nitrogen and oxygen atoms in total. The van der Waals surface area contributed by atoms with Crippen LogP contribution < -0.4 is 11.2 Å². The standard InChI is InChI=1S/C13H20N4O2/c1-4-5-6-7-8-17-12(18)10-11(14-9-15(10)2)16(3)13(17)19/h9H,4-8H2,1-3H3/i2D3,4D2. The highest BCUT2D eigenvalue weighted by atomic mass is 16.2.